The third-order valence-electron chi connectivity index (χ3n) is 5.06. The third-order valence-corrected chi connectivity index (χ3v) is 5.54. The molecule has 0 spiro atoms. The Kier molecular flexibility index (Phi) is 5.29. The second kappa shape index (κ2) is 7.86. The van der Waals surface area contributed by atoms with E-state index >= 15 is 0 Å². The zero-order valence-corrected chi connectivity index (χ0v) is 16.6. The van der Waals surface area contributed by atoms with E-state index in [1.165, 1.54) is 0 Å². The minimum atomic E-state index is -0.347. The quantitative estimate of drug-likeness (QED) is 0.655. The lowest BCUT2D eigenvalue weighted by molar-refractivity contribution is -0.126. The highest BCUT2D eigenvalue weighted by Gasteiger charge is 2.34. The molecule has 7 heteroatoms. The first-order valence-electron chi connectivity index (χ1n) is 9.10. The maximum atomic E-state index is 12.5. The van der Waals surface area contributed by atoms with Gasteiger partial charge in [-0.15, -0.1) is 0 Å². The summed E-state index contributed by atoms with van der Waals surface area (Å²) in [7, 11) is 0. The number of benzene rings is 2. The monoisotopic (exact) mass is 415 g/mol. The maximum Gasteiger partial charge on any atom is 0.227 e. The summed E-state index contributed by atoms with van der Waals surface area (Å²) >= 11 is 12.0. The van der Waals surface area contributed by atoms with Gasteiger partial charge in [-0.05, 0) is 54.4 Å². The number of hydrogen-bond acceptors (Lipinski definition) is 2. The number of rotatable bonds is 5. The lowest BCUT2D eigenvalue weighted by Crippen LogP contribution is -2.34. The number of aromatic amines is 1. The molecule has 0 radical (unpaired) electrons. The lowest BCUT2D eigenvalue weighted by Gasteiger charge is -2.16. The molecule has 1 aliphatic rings. The van der Waals surface area contributed by atoms with Crippen LogP contribution < -0.4 is 10.2 Å². The molecule has 28 heavy (non-hydrogen) atoms. The van der Waals surface area contributed by atoms with Gasteiger partial charge in [0.2, 0.25) is 11.8 Å². The molecule has 0 unspecified atom stereocenters. The van der Waals surface area contributed by atoms with E-state index in [-0.39, 0.29) is 24.2 Å². The molecule has 2 amide bonds. The Morgan fingerprint density at radius 2 is 1.89 bits per heavy atom. The summed E-state index contributed by atoms with van der Waals surface area (Å²) in [5.41, 5.74) is 2.88. The molecule has 144 valence electrons. The van der Waals surface area contributed by atoms with Crippen LogP contribution >= 0.6 is 23.2 Å². The van der Waals surface area contributed by atoms with E-state index in [0.717, 1.165) is 22.2 Å². The normalized spacial score (nSPS) is 16.7. The minimum absolute atomic E-state index is 0.0475. The van der Waals surface area contributed by atoms with Gasteiger partial charge in [-0.3, -0.25) is 9.59 Å². The number of carbonyl (C=O) groups excluding carboxylic acids is 2. The number of halogens is 2. The van der Waals surface area contributed by atoms with Crippen LogP contribution in [0.25, 0.3) is 10.9 Å². The fraction of sp³-hybridized carbons (Fsp3) is 0.238. The zero-order chi connectivity index (χ0) is 19.7. The fourth-order valence-corrected chi connectivity index (χ4v) is 3.87. The molecule has 2 heterocycles. The van der Waals surface area contributed by atoms with E-state index in [1.54, 1.807) is 29.2 Å². The summed E-state index contributed by atoms with van der Waals surface area (Å²) < 4.78 is 0. The van der Waals surface area contributed by atoms with Crippen LogP contribution in [0, 0.1) is 5.92 Å². The van der Waals surface area contributed by atoms with Crippen molar-refractivity contribution in [2.75, 3.05) is 18.0 Å². The van der Waals surface area contributed by atoms with Crippen molar-refractivity contribution in [1.82, 2.24) is 10.3 Å². The van der Waals surface area contributed by atoms with E-state index in [2.05, 4.69) is 10.3 Å². The van der Waals surface area contributed by atoms with Gasteiger partial charge in [0.25, 0.3) is 0 Å². The second-order valence-electron chi connectivity index (χ2n) is 6.93. The highest BCUT2D eigenvalue weighted by molar-refractivity contribution is 6.31. The maximum absolute atomic E-state index is 12.5. The van der Waals surface area contributed by atoms with Crippen molar-refractivity contribution >= 4 is 51.6 Å². The third kappa shape index (κ3) is 3.86. The van der Waals surface area contributed by atoms with Crippen molar-refractivity contribution in [3.05, 3.63) is 64.3 Å². The first-order chi connectivity index (χ1) is 13.5. The van der Waals surface area contributed by atoms with E-state index in [9.17, 15) is 9.59 Å². The molecule has 2 aromatic carbocycles. The Balaban J connectivity index is 1.34. The van der Waals surface area contributed by atoms with Crippen LogP contribution in [0.5, 0.6) is 0 Å². The summed E-state index contributed by atoms with van der Waals surface area (Å²) in [5, 5.41) is 5.32. The number of nitrogens with zero attached hydrogens (tertiary/aromatic N) is 1. The van der Waals surface area contributed by atoms with Crippen LogP contribution in [0.1, 0.15) is 12.0 Å². The van der Waals surface area contributed by atoms with Gasteiger partial charge in [-0.25, -0.2) is 0 Å². The van der Waals surface area contributed by atoms with Crippen LogP contribution in [0.4, 0.5) is 5.69 Å². The van der Waals surface area contributed by atoms with E-state index in [0.29, 0.717) is 29.6 Å². The van der Waals surface area contributed by atoms with Crippen molar-refractivity contribution in [3.63, 3.8) is 0 Å². The molecule has 1 aliphatic heterocycles. The predicted molar refractivity (Wildman–Crippen MR) is 112 cm³/mol. The Morgan fingerprint density at radius 3 is 2.68 bits per heavy atom. The number of amides is 2. The lowest BCUT2D eigenvalue weighted by atomic mass is 10.1. The smallest absolute Gasteiger partial charge is 0.227 e. The summed E-state index contributed by atoms with van der Waals surface area (Å²) in [4.78, 5) is 29.7. The Bertz CT molecular complexity index is 1030. The van der Waals surface area contributed by atoms with Gasteiger partial charge < -0.3 is 15.2 Å². The first-order valence-corrected chi connectivity index (χ1v) is 9.86. The van der Waals surface area contributed by atoms with E-state index in [1.807, 2.05) is 24.4 Å². The minimum Gasteiger partial charge on any atom is -0.361 e. The van der Waals surface area contributed by atoms with Crippen molar-refractivity contribution in [3.8, 4) is 0 Å². The Morgan fingerprint density at radius 1 is 1.14 bits per heavy atom. The molecule has 1 atom stereocenters. The number of H-pyrrole nitrogens is 1. The van der Waals surface area contributed by atoms with Crippen molar-refractivity contribution in [1.29, 1.82) is 0 Å². The van der Waals surface area contributed by atoms with Crippen LogP contribution in [0.2, 0.25) is 10.0 Å². The number of hydrogen-bond donors (Lipinski definition) is 2. The molecule has 0 aliphatic carbocycles. The predicted octanol–water partition coefficient (Wildman–Crippen LogP) is 4.19. The average Bonchev–Trinajstić information content (AvgIpc) is 3.26. The molecule has 5 nitrogen and oxygen atoms in total. The summed E-state index contributed by atoms with van der Waals surface area (Å²) in [5.74, 6) is -0.489. The van der Waals surface area contributed by atoms with Gasteiger partial charge in [-0.1, -0.05) is 23.2 Å². The summed E-state index contributed by atoms with van der Waals surface area (Å²) in [6, 6.07) is 12.8. The van der Waals surface area contributed by atoms with Crippen LogP contribution in [0.3, 0.4) is 0 Å². The Hall–Kier alpha value is -2.50. The first kappa shape index (κ1) is 18.8. The van der Waals surface area contributed by atoms with Gasteiger partial charge in [0.15, 0.2) is 0 Å². The molecule has 0 bridgehead atoms. The zero-order valence-electron chi connectivity index (χ0n) is 15.0. The molecule has 3 aromatic rings. The largest absolute Gasteiger partial charge is 0.361 e. The fourth-order valence-electron chi connectivity index (χ4n) is 3.58. The van der Waals surface area contributed by atoms with Crippen molar-refractivity contribution in [2.45, 2.75) is 12.8 Å². The van der Waals surface area contributed by atoms with Gasteiger partial charge >= 0.3 is 0 Å². The standard InChI is InChI=1S/C21H19Cl2N3O2/c22-15-1-4-17(5-2-15)26-12-14(9-20(26)27)21(28)24-8-7-13-11-25-19-6-3-16(23)10-18(13)19/h1-6,10-11,14,25H,7-9,12H2,(H,24,28)/t14-/m1/s1. The van der Waals surface area contributed by atoms with Crippen molar-refractivity contribution in [2.24, 2.45) is 5.92 Å². The average molecular weight is 416 g/mol. The van der Waals surface area contributed by atoms with E-state index < -0.39 is 0 Å². The van der Waals surface area contributed by atoms with Gasteiger partial charge in [0.1, 0.15) is 0 Å². The second-order valence-corrected chi connectivity index (χ2v) is 7.80. The number of aromatic nitrogens is 1. The number of fused-ring (bicyclic) bond motifs is 1. The van der Waals surface area contributed by atoms with Crippen LogP contribution in [0.15, 0.2) is 48.7 Å². The highest BCUT2D eigenvalue weighted by Crippen LogP contribution is 2.26. The van der Waals surface area contributed by atoms with Gasteiger partial charge in [0.05, 0.1) is 5.92 Å². The topological polar surface area (TPSA) is 65.2 Å². The highest BCUT2D eigenvalue weighted by atomic mass is 35.5. The van der Waals surface area contributed by atoms with Crippen LogP contribution in [-0.4, -0.2) is 29.9 Å². The van der Waals surface area contributed by atoms with Gasteiger partial charge in [-0.2, -0.15) is 0 Å². The molecule has 1 fully saturated rings. The number of anilines is 1. The van der Waals surface area contributed by atoms with Crippen LogP contribution in [-0.2, 0) is 16.0 Å². The number of carbonyl (C=O) groups is 2. The molecule has 1 aromatic heterocycles. The molecule has 4 rings (SSSR count). The molecule has 2 N–H and O–H groups in total. The van der Waals surface area contributed by atoms with Gasteiger partial charge in [0, 0.05) is 52.3 Å². The summed E-state index contributed by atoms with van der Waals surface area (Å²) in [6.07, 6.45) is 2.85. The molecular formula is C21H19Cl2N3O2. The molecule has 0 saturated carbocycles. The molecule has 1 saturated heterocycles. The Labute approximate surface area is 172 Å². The SMILES string of the molecule is O=C(NCCc1c[nH]c2ccc(Cl)cc12)[C@@H]1CC(=O)N(c2ccc(Cl)cc2)C1. The number of nitrogens with one attached hydrogen (secondary N) is 2. The van der Waals surface area contributed by atoms with E-state index in [4.69, 9.17) is 23.2 Å². The van der Waals surface area contributed by atoms with Crippen molar-refractivity contribution < 1.29 is 9.59 Å². The summed E-state index contributed by atoms with van der Waals surface area (Å²) in [6.45, 7) is 0.888. The molecular weight excluding hydrogens is 397 g/mol.